The molecule has 2 fully saturated rings. The van der Waals surface area contributed by atoms with E-state index in [0.717, 1.165) is 31.4 Å². The van der Waals surface area contributed by atoms with Crippen molar-refractivity contribution in [2.75, 3.05) is 18.6 Å². The van der Waals surface area contributed by atoms with Gasteiger partial charge in [-0.2, -0.15) is 11.8 Å². The lowest BCUT2D eigenvalue weighted by Crippen LogP contribution is -2.54. The zero-order chi connectivity index (χ0) is 12.5. The molecular weight excluding hydrogens is 236 g/mol. The molecule has 1 saturated carbocycles. The van der Waals surface area contributed by atoms with Gasteiger partial charge in [0.1, 0.15) is 5.54 Å². The van der Waals surface area contributed by atoms with Crippen LogP contribution in [0.25, 0.3) is 0 Å². The first-order chi connectivity index (χ1) is 8.12. The molecule has 2 rings (SSSR count). The minimum atomic E-state index is -0.590. The number of nitrogens with one attached hydrogen (secondary N) is 1. The Morgan fingerprint density at radius 2 is 2.24 bits per heavy atom. The number of carbonyl (C=O) groups is 2. The summed E-state index contributed by atoms with van der Waals surface area (Å²) in [4.78, 5) is 25.7. The number of amides is 3. The van der Waals surface area contributed by atoms with Gasteiger partial charge in [-0.05, 0) is 25.0 Å². The Balaban J connectivity index is 2.16. The first-order valence-corrected chi connectivity index (χ1v) is 7.64. The first kappa shape index (κ1) is 12.7. The summed E-state index contributed by atoms with van der Waals surface area (Å²) in [5.41, 5.74) is -0.590. The van der Waals surface area contributed by atoms with Crippen LogP contribution in [-0.2, 0) is 4.79 Å². The van der Waals surface area contributed by atoms with E-state index in [9.17, 15) is 9.59 Å². The maximum Gasteiger partial charge on any atom is 0.325 e. The fraction of sp³-hybridized carbons (Fsp3) is 0.833. The number of carbonyl (C=O) groups excluding carboxylic acids is 2. The smallest absolute Gasteiger partial charge is 0.323 e. The summed E-state index contributed by atoms with van der Waals surface area (Å²) in [6.45, 7) is 2.61. The van der Waals surface area contributed by atoms with Crippen LogP contribution in [0.15, 0.2) is 0 Å². The molecule has 0 aromatic carbocycles. The Morgan fingerprint density at radius 1 is 1.47 bits per heavy atom. The molecule has 1 N–H and O–H groups in total. The Kier molecular flexibility index (Phi) is 3.66. The number of hydrogen-bond donors (Lipinski definition) is 1. The molecule has 2 aliphatic rings. The van der Waals surface area contributed by atoms with E-state index in [1.54, 1.807) is 11.8 Å². The number of nitrogens with zero attached hydrogens (tertiary/aromatic N) is 1. The lowest BCUT2D eigenvalue weighted by Gasteiger charge is -2.36. The third kappa shape index (κ3) is 2.05. The van der Waals surface area contributed by atoms with Gasteiger partial charge < -0.3 is 5.32 Å². The fourth-order valence-corrected chi connectivity index (χ4v) is 3.25. The summed E-state index contributed by atoms with van der Waals surface area (Å²) in [7, 11) is 0. The maximum absolute atomic E-state index is 12.4. The van der Waals surface area contributed by atoms with Gasteiger partial charge in [0, 0.05) is 12.3 Å². The second kappa shape index (κ2) is 4.88. The van der Waals surface area contributed by atoms with Crippen molar-refractivity contribution in [3.63, 3.8) is 0 Å². The minimum absolute atomic E-state index is 0.00347. The predicted octanol–water partition coefficient (Wildman–Crippen LogP) is 1.85. The van der Waals surface area contributed by atoms with Gasteiger partial charge in [-0.1, -0.05) is 19.8 Å². The van der Waals surface area contributed by atoms with Crippen LogP contribution in [0.5, 0.6) is 0 Å². The van der Waals surface area contributed by atoms with E-state index in [2.05, 4.69) is 12.2 Å². The van der Waals surface area contributed by atoms with Crippen molar-refractivity contribution in [1.29, 1.82) is 0 Å². The number of hydrogen-bond acceptors (Lipinski definition) is 3. The van der Waals surface area contributed by atoms with Crippen LogP contribution in [0.3, 0.4) is 0 Å². The van der Waals surface area contributed by atoms with E-state index in [4.69, 9.17) is 0 Å². The van der Waals surface area contributed by atoms with Crippen molar-refractivity contribution < 1.29 is 9.59 Å². The average molecular weight is 256 g/mol. The van der Waals surface area contributed by atoms with E-state index in [-0.39, 0.29) is 17.9 Å². The Bertz CT molecular complexity index is 334. The molecule has 3 amide bonds. The zero-order valence-electron chi connectivity index (χ0n) is 10.5. The van der Waals surface area contributed by atoms with Crippen molar-refractivity contribution >= 4 is 23.7 Å². The highest BCUT2D eigenvalue weighted by Crippen LogP contribution is 2.38. The van der Waals surface area contributed by atoms with E-state index in [0.29, 0.717) is 6.54 Å². The molecule has 1 heterocycles. The second-order valence-electron chi connectivity index (χ2n) is 5.00. The van der Waals surface area contributed by atoms with Gasteiger partial charge in [0.25, 0.3) is 5.91 Å². The van der Waals surface area contributed by atoms with E-state index in [1.165, 1.54) is 4.90 Å². The van der Waals surface area contributed by atoms with Gasteiger partial charge in [0.2, 0.25) is 0 Å². The first-order valence-electron chi connectivity index (χ1n) is 6.25. The number of thioether (sulfide) groups is 1. The summed E-state index contributed by atoms with van der Waals surface area (Å²) >= 11 is 1.65. The molecule has 5 heteroatoms. The number of urea groups is 1. The zero-order valence-corrected chi connectivity index (χ0v) is 11.3. The monoisotopic (exact) mass is 256 g/mol. The molecule has 1 saturated heterocycles. The third-order valence-corrected chi connectivity index (χ3v) is 4.61. The summed E-state index contributed by atoms with van der Waals surface area (Å²) < 4.78 is 0. The van der Waals surface area contributed by atoms with Crippen molar-refractivity contribution in [2.45, 2.75) is 38.1 Å². The highest BCUT2D eigenvalue weighted by molar-refractivity contribution is 7.98. The summed E-state index contributed by atoms with van der Waals surface area (Å²) in [6.07, 6.45) is 6.01. The molecule has 0 aromatic heterocycles. The lowest BCUT2D eigenvalue weighted by molar-refractivity contribution is -0.134. The lowest BCUT2D eigenvalue weighted by atomic mass is 9.73. The Labute approximate surface area is 106 Å². The number of rotatable bonds is 3. The molecule has 2 atom stereocenters. The topological polar surface area (TPSA) is 49.4 Å². The molecule has 0 radical (unpaired) electrons. The molecule has 0 aromatic rings. The summed E-state index contributed by atoms with van der Waals surface area (Å²) in [6, 6.07) is -0.196. The van der Waals surface area contributed by atoms with Crippen LogP contribution in [0.4, 0.5) is 4.79 Å². The van der Waals surface area contributed by atoms with Crippen LogP contribution >= 0.6 is 11.8 Å². The van der Waals surface area contributed by atoms with Crippen molar-refractivity contribution in [1.82, 2.24) is 10.2 Å². The van der Waals surface area contributed by atoms with Crippen molar-refractivity contribution in [3.8, 4) is 0 Å². The highest BCUT2D eigenvalue weighted by Gasteiger charge is 2.54. The van der Waals surface area contributed by atoms with Gasteiger partial charge in [-0.25, -0.2) is 4.79 Å². The second-order valence-corrected chi connectivity index (χ2v) is 5.98. The highest BCUT2D eigenvalue weighted by atomic mass is 32.2. The Morgan fingerprint density at radius 3 is 2.88 bits per heavy atom. The standard InChI is InChI=1S/C12H20N2O2S/c1-9-5-3-4-6-12(9)10(15)14(7-8-17-2)11(16)13-12/h9H,3-8H2,1-2H3,(H,13,16)/t9-,12-/m0/s1. The van der Waals surface area contributed by atoms with Gasteiger partial charge >= 0.3 is 6.03 Å². The normalized spacial score (nSPS) is 33.3. The molecule has 4 nitrogen and oxygen atoms in total. The van der Waals surface area contributed by atoms with Gasteiger partial charge in [0.05, 0.1) is 0 Å². The molecule has 1 aliphatic carbocycles. The van der Waals surface area contributed by atoms with Crippen LogP contribution in [-0.4, -0.2) is 40.9 Å². The quantitative estimate of drug-likeness (QED) is 0.784. The predicted molar refractivity (Wildman–Crippen MR) is 69.0 cm³/mol. The molecule has 0 unspecified atom stereocenters. The van der Waals surface area contributed by atoms with Crippen LogP contribution in [0, 0.1) is 5.92 Å². The van der Waals surface area contributed by atoms with E-state index < -0.39 is 5.54 Å². The van der Waals surface area contributed by atoms with Gasteiger partial charge in [0.15, 0.2) is 0 Å². The molecule has 0 bridgehead atoms. The van der Waals surface area contributed by atoms with Crippen LogP contribution in [0.1, 0.15) is 32.6 Å². The summed E-state index contributed by atoms with van der Waals surface area (Å²) in [5, 5.41) is 2.96. The molecular formula is C12H20N2O2S. The molecule has 1 spiro atoms. The average Bonchev–Trinajstić information content (AvgIpc) is 2.54. The maximum atomic E-state index is 12.4. The van der Waals surface area contributed by atoms with Gasteiger partial charge in [-0.15, -0.1) is 0 Å². The van der Waals surface area contributed by atoms with Gasteiger partial charge in [-0.3, -0.25) is 9.69 Å². The third-order valence-electron chi connectivity index (χ3n) is 4.02. The van der Waals surface area contributed by atoms with Crippen molar-refractivity contribution in [3.05, 3.63) is 0 Å². The largest absolute Gasteiger partial charge is 0.325 e. The van der Waals surface area contributed by atoms with E-state index >= 15 is 0 Å². The molecule has 17 heavy (non-hydrogen) atoms. The van der Waals surface area contributed by atoms with Crippen LogP contribution < -0.4 is 5.32 Å². The number of imide groups is 1. The van der Waals surface area contributed by atoms with Crippen LogP contribution in [0.2, 0.25) is 0 Å². The minimum Gasteiger partial charge on any atom is -0.323 e. The SMILES string of the molecule is CSCCN1C(=O)N[C@]2(CCCC[C@@H]2C)C1=O. The Hall–Kier alpha value is -0.710. The molecule has 96 valence electrons. The molecule has 1 aliphatic heterocycles. The fourth-order valence-electron chi connectivity index (χ4n) is 2.88. The van der Waals surface area contributed by atoms with E-state index in [1.807, 2.05) is 6.26 Å². The van der Waals surface area contributed by atoms with Crippen molar-refractivity contribution in [2.24, 2.45) is 5.92 Å². The summed E-state index contributed by atoms with van der Waals surface area (Å²) in [5.74, 6) is 1.07.